The molecule has 1 aromatic carbocycles. The second-order valence-corrected chi connectivity index (χ2v) is 4.75. The van der Waals surface area contributed by atoms with Gasteiger partial charge in [-0.05, 0) is 17.5 Å². The summed E-state index contributed by atoms with van der Waals surface area (Å²) in [7, 11) is 0. The Labute approximate surface area is 101 Å². The van der Waals surface area contributed by atoms with E-state index in [2.05, 4.69) is 11.4 Å². The Balaban J connectivity index is 2.67. The number of carboxylic acid groups (broad SMARTS) is 1. The lowest BCUT2D eigenvalue weighted by Crippen LogP contribution is -2.26. The van der Waals surface area contributed by atoms with E-state index in [0.29, 0.717) is 12.1 Å². The van der Waals surface area contributed by atoms with Gasteiger partial charge in [-0.2, -0.15) is 5.26 Å². The van der Waals surface area contributed by atoms with Crippen molar-refractivity contribution in [1.29, 1.82) is 5.26 Å². The zero-order valence-corrected chi connectivity index (χ0v) is 10.0. The van der Waals surface area contributed by atoms with Crippen molar-refractivity contribution in [1.82, 2.24) is 0 Å². The molecule has 0 fully saturated rings. The zero-order valence-electron chi connectivity index (χ0n) is 10.0. The van der Waals surface area contributed by atoms with Crippen molar-refractivity contribution < 1.29 is 9.90 Å². The molecule has 0 aliphatic heterocycles. The Hall–Kier alpha value is -2.02. The molecule has 0 atom stereocenters. The average molecular weight is 232 g/mol. The van der Waals surface area contributed by atoms with Crippen LogP contribution < -0.4 is 5.32 Å². The Morgan fingerprint density at radius 1 is 1.47 bits per heavy atom. The highest BCUT2D eigenvalue weighted by molar-refractivity contribution is 5.67. The van der Waals surface area contributed by atoms with Crippen LogP contribution in [0.5, 0.6) is 0 Å². The number of nitriles is 1. The average Bonchev–Trinajstić information content (AvgIpc) is 2.25. The summed E-state index contributed by atoms with van der Waals surface area (Å²) in [6, 6.07) is 9.28. The standard InChI is InChI=1S/C13H16N2O2/c1-13(2,7-12(16)17)9-15-11-6-4-3-5-10(11)8-14/h3-6,15H,7,9H2,1-2H3,(H,16,17). The second kappa shape index (κ2) is 5.35. The van der Waals surface area contributed by atoms with Crippen molar-refractivity contribution >= 4 is 11.7 Å². The molecule has 4 heteroatoms. The normalized spacial score (nSPS) is 10.6. The van der Waals surface area contributed by atoms with Crippen LogP contribution in [-0.2, 0) is 4.79 Å². The molecule has 0 aliphatic carbocycles. The Kier molecular flexibility index (Phi) is 4.11. The fourth-order valence-electron chi connectivity index (χ4n) is 1.54. The van der Waals surface area contributed by atoms with Gasteiger partial charge in [-0.3, -0.25) is 4.79 Å². The van der Waals surface area contributed by atoms with E-state index in [1.165, 1.54) is 0 Å². The summed E-state index contributed by atoms with van der Waals surface area (Å²) in [5, 5.41) is 20.8. The number of para-hydroxylation sites is 1. The largest absolute Gasteiger partial charge is 0.481 e. The van der Waals surface area contributed by atoms with E-state index in [1.807, 2.05) is 26.0 Å². The Morgan fingerprint density at radius 2 is 2.12 bits per heavy atom. The van der Waals surface area contributed by atoms with Gasteiger partial charge in [0.1, 0.15) is 6.07 Å². The molecule has 0 amide bonds. The summed E-state index contributed by atoms with van der Waals surface area (Å²) in [5.74, 6) is -0.814. The van der Waals surface area contributed by atoms with Crippen molar-refractivity contribution in [3.8, 4) is 6.07 Å². The molecule has 4 nitrogen and oxygen atoms in total. The van der Waals surface area contributed by atoms with E-state index in [0.717, 1.165) is 5.69 Å². The Bertz CT molecular complexity index is 447. The highest BCUT2D eigenvalue weighted by Gasteiger charge is 2.21. The monoisotopic (exact) mass is 232 g/mol. The van der Waals surface area contributed by atoms with Crippen LogP contribution >= 0.6 is 0 Å². The molecule has 2 N–H and O–H groups in total. The van der Waals surface area contributed by atoms with Gasteiger partial charge < -0.3 is 10.4 Å². The van der Waals surface area contributed by atoms with Gasteiger partial charge in [0.25, 0.3) is 0 Å². The maximum Gasteiger partial charge on any atom is 0.303 e. The van der Waals surface area contributed by atoms with E-state index in [1.54, 1.807) is 12.1 Å². The van der Waals surface area contributed by atoms with Gasteiger partial charge in [0.2, 0.25) is 0 Å². The van der Waals surface area contributed by atoms with E-state index in [-0.39, 0.29) is 11.8 Å². The van der Waals surface area contributed by atoms with Crippen molar-refractivity contribution in [3.05, 3.63) is 29.8 Å². The molecular weight excluding hydrogens is 216 g/mol. The topological polar surface area (TPSA) is 73.1 Å². The van der Waals surface area contributed by atoms with Gasteiger partial charge in [0.05, 0.1) is 17.7 Å². The zero-order chi connectivity index (χ0) is 12.9. The number of hydrogen-bond acceptors (Lipinski definition) is 3. The lowest BCUT2D eigenvalue weighted by molar-refractivity contribution is -0.139. The SMILES string of the molecule is CC(C)(CNc1ccccc1C#N)CC(=O)O. The third-order valence-electron chi connectivity index (χ3n) is 2.43. The number of anilines is 1. The molecule has 0 heterocycles. The molecule has 0 bridgehead atoms. The summed E-state index contributed by atoms with van der Waals surface area (Å²) < 4.78 is 0. The third kappa shape index (κ3) is 4.15. The summed E-state index contributed by atoms with van der Waals surface area (Å²) in [6.45, 7) is 4.27. The van der Waals surface area contributed by atoms with Gasteiger partial charge >= 0.3 is 5.97 Å². The Morgan fingerprint density at radius 3 is 2.71 bits per heavy atom. The molecule has 1 aromatic rings. The van der Waals surface area contributed by atoms with Crippen LogP contribution in [0.2, 0.25) is 0 Å². The highest BCUT2D eigenvalue weighted by Crippen LogP contribution is 2.22. The van der Waals surface area contributed by atoms with Crippen molar-refractivity contribution in [2.45, 2.75) is 20.3 Å². The molecule has 0 aromatic heterocycles. The van der Waals surface area contributed by atoms with Crippen LogP contribution in [0.4, 0.5) is 5.69 Å². The van der Waals surface area contributed by atoms with E-state index < -0.39 is 5.97 Å². The molecule has 0 saturated heterocycles. The van der Waals surface area contributed by atoms with Gasteiger partial charge in [0.15, 0.2) is 0 Å². The summed E-state index contributed by atoms with van der Waals surface area (Å²) in [6.07, 6.45) is 0.0920. The molecule has 0 spiro atoms. The quantitative estimate of drug-likeness (QED) is 0.817. The summed E-state index contributed by atoms with van der Waals surface area (Å²) in [4.78, 5) is 10.7. The first kappa shape index (κ1) is 13.0. The molecule has 0 aliphatic rings. The smallest absolute Gasteiger partial charge is 0.303 e. The lowest BCUT2D eigenvalue weighted by atomic mass is 9.89. The molecule has 0 saturated carbocycles. The lowest BCUT2D eigenvalue weighted by Gasteiger charge is -2.23. The molecule has 0 unspecified atom stereocenters. The molecule has 17 heavy (non-hydrogen) atoms. The van der Waals surface area contributed by atoms with Crippen LogP contribution in [0, 0.1) is 16.7 Å². The number of hydrogen-bond donors (Lipinski definition) is 2. The number of nitrogens with zero attached hydrogens (tertiary/aromatic N) is 1. The predicted molar refractivity (Wildman–Crippen MR) is 65.7 cm³/mol. The highest BCUT2D eigenvalue weighted by atomic mass is 16.4. The summed E-state index contributed by atoms with van der Waals surface area (Å²) >= 11 is 0. The van der Waals surface area contributed by atoms with Crippen LogP contribution in [0.15, 0.2) is 24.3 Å². The second-order valence-electron chi connectivity index (χ2n) is 4.75. The number of nitrogens with one attached hydrogen (secondary N) is 1. The maximum absolute atomic E-state index is 10.7. The first-order chi connectivity index (χ1) is 7.94. The number of benzene rings is 1. The first-order valence-corrected chi connectivity index (χ1v) is 5.39. The molecular formula is C13H16N2O2. The van der Waals surface area contributed by atoms with Crippen LogP contribution in [0.25, 0.3) is 0 Å². The van der Waals surface area contributed by atoms with Crippen LogP contribution in [0.1, 0.15) is 25.8 Å². The van der Waals surface area contributed by atoms with E-state index in [4.69, 9.17) is 10.4 Å². The fraction of sp³-hybridized carbons (Fsp3) is 0.385. The van der Waals surface area contributed by atoms with Gasteiger partial charge in [-0.15, -0.1) is 0 Å². The van der Waals surface area contributed by atoms with Crippen LogP contribution in [-0.4, -0.2) is 17.6 Å². The predicted octanol–water partition coefficient (Wildman–Crippen LogP) is 2.47. The number of carbonyl (C=O) groups is 1. The molecule has 90 valence electrons. The first-order valence-electron chi connectivity index (χ1n) is 5.39. The van der Waals surface area contributed by atoms with Crippen molar-refractivity contribution in [2.75, 3.05) is 11.9 Å². The summed E-state index contributed by atoms with van der Waals surface area (Å²) in [5.41, 5.74) is 0.959. The fourth-order valence-corrected chi connectivity index (χ4v) is 1.54. The minimum atomic E-state index is -0.814. The third-order valence-corrected chi connectivity index (χ3v) is 2.43. The minimum Gasteiger partial charge on any atom is -0.481 e. The van der Waals surface area contributed by atoms with Crippen LogP contribution in [0.3, 0.4) is 0 Å². The molecule has 0 radical (unpaired) electrons. The van der Waals surface area contributed by atoms with E-state index in [9.17, 15) is 4.79 Å². The minimum absolute atomic E-state index is 0.0920. The van der Waals surface area contributed by atoms with Gasteiger partial charge in [-0.25, -0.2) is 0 Å². The molecule has 1 rings (SSSR count). The van der Waals surface area contributed by atoms with Crippen molar-refractivity contribution in [2.24, 2.45) is 5.41 Å². The number of carboxylic acids is 1. The van der Waals surface area contributed by atoms with Gasteiger partial charge in [0, 0.05) is 6.54 Å². The number of aliphatic carboxylic acids is 1. The van der Waals surface area contributed by atoms with Gasteiger partial charge in [-0.1, -0.05) is 26.0 Å². The number of rotatable bonds is 5. The van der Waals surface area contributed by atoms with Crippen molar-refractivity contribution in [3.63, 3.8) is 0 Å². The maximum atomic E-state index is 10.7. The van der Waals surface area contributed by atoms with E-state index >= 15 is 0 Å².